The number of benzene rings is 4. The molecule has 310 valence electrons. The van der Waals surface area contributed by atoms with Crippen molar-refractivity contribution in [1.29, 1.82) is 0 Å². The van der Waals surface area contributed by atoms with Crippen molar-refractivity contribution in [2.75, 3.05) is 45.9 Å². The van der Waals surface area contributed by atoms with Crippen molar-refractivity contribution < 1.29 is 27.5 Å². The van der Waals surface area contributed by atoms with E-state index in [0.29, 0.717) is 62.6 Å². The molecule has 3 amide bonds. The van der Waals surface area contributed by atoms with Crippen molar-refractivity contribution in [3.05, 3.63) is 124 Å². The highest BCUT2D eigenvalue weighted by Crippen LogP contribution is 2.31. The van der Waals surface area contributed by atoms with E-state index in [4.69, 9.17) is 21.4 Å². The number of nitrogens with zero attached hydrogens (tertiary/aromatic N) is 5. The fraction of sp³-hybridized carbons (Fsp3) is 0.378. The Morgan fingerprint density at radius 2 is 1.56 bits per heavy atom. The fourth-order valence-electron chi connectivity index (χ4n) is 7.85. The van der Waals surface area contributed by atoms with Crippen LogP contribution in [0.15, 0.2) is 89.8 Å². The maximum atomic E-state index is 15.2. The molecule has 2 aliphatic heterocycles. The largest absolute Gasteiger partial charge is 0.379 e. The first kappa shape index (κ1) is 42.1. The Labute approximate surface area is 351 Å². The number of unbranched alkanes of at least 4 members (excludes halogenated alkanes) is 2. The Morgan fingerprint density at radius 3 is 2.27 bits per heavy atom. The van der Waals surface area contributed by atoms with E-state index in [1.54, 1.807) is 30.0 Å². The summed E-state index contributed by atoms with van der Waals surface area (Å²) in [5, 5.41) is 6.50. The van der Waals surface area contributed by atoms with E-state index in [1.165, 1.54) is 28.9 Å². The minimum atomic E-state index is -4.30. The number of carbonyl (C=O) groups excluding carboxylic acids is 3. The highest BCUT2D eigenvalue weighted by Gasteiger charge is 2.35. The average molecular weight is 839 g/mol. The van der Waals surface area contributed by atoms with Crippen molar-refractivity contribution in [3.63, 3.8) is 0 Å². The number of nitrogens with one attached hydrogen (secondary N) is 1. The summed E-state index contributed by atoms with van der Waals surface area (Å²) in [5.74, 6) is -1.56. The van der Waals surface area contributed by atoms with E-state index in [-0.39, 0.29) is 44.6 Å². The van der Waals surface area contributed by atoms with Gasteiger partial charge in [-0.15, -0.1) is 0 Å². The zero-order valence-corrected chi connectivity index (χ0v) is 35.4. The Bertz CT molecular complexity index is 2460. The lowest BCUT2D eigenvalue weighted by Gasteiger charge is -2.40. The van der Waals surface area contributed by atoms with Gasteiger partial charge in [-0.05, 0) is 78.4 Å². The smallest absolute Gasteiger partial charge is 0.275 e. The van der Waals surface area contributed by atoms with Gasteiger partial charge in [0, 0.05) is 50.9 Å². The molecule has 0 saturated carbocycles. The van der Waals surface area contributed by atoms with Gasteiger partial charge < -0.3 is 14.5 Å². The van der Waals surface area contributed by atoms with Gasteiger partial charge in [-0.2, -0.15) is 5.10 Å². The summed E-state index contributed by atoms with van der Waals surface area (Å²) in [6.45, 7) is 10.6. The number of halogens is 1. The van der Waals surface area contributed by atoms with Gasteiger partial charge in [0.1, 0.15) is 0 Å². The summed E-state index contributed by atoms with van der Waals surface area (Å²) in [7, 11) is -4.30. The fourth-order valence-corrected chi connectivity index (χ4v) is 9.06. The molecule has 0 bridgehead atoms. The molecule has 1 saturated heterocycles. The van der Waals surface area contributed by atoms with Gasteiger partial charge in [0.15, 0.2) is 5.69 Å². The van der Waals surface area contributed by atoms with Crippen LogP contribution in [0.2, 0.25) is 5.02 Å². The minimum absolute atomic E-state index is 0.0406. The number of sulfonamides is 1. The molecule has 0 spiro atoms. The third-order valence-electron chi connectivity index (χ3n) is 11.3. The molecule has 1 unspecified atom stereocenters. The van der Waals surface area contributed by atoms with E-state index < -0.39 is 15.9 Å². The van der Waals surface area contributed by atoms with Crippen LogP contribution in [0.1, 0.15) is 87.6 Å². The first-order valence-corrected chi connectivity index (χ1v) is 22.3. The number of ether oxygens (including phenoxy) is 1. The molecular weight excluding hydrogens is 788 g/mol. The second-order valence-electron chi connectivity index (χ2n) is 15.3. The lowest BCUT2D eigenvalue weighted by molar-refractivity contribution is 0.0192. The lowest BCUT2D eigenvalue weighted by atomic mass is 9.92. The number of fused-ring (bicyclic) bond motifs is 2. The number of amides is 3. The van der Waals surface area contributed by atoms with E-state index in [9.17, 15) is 18.0 Å². The second-order valence-corrected chi connectivity index (χ2v) is 17.4. The van der Waals surface area contributed by atoms with Gasteiger partial charge in [-0.1, -0.05) is 92.9 Å². The van der Waals surface area contributed by atoms with Crippen molar-refractivity contribution in [1.82, 2.24) is 29.2 Å². The van der Waals surface area contributed by atoms with Gasteiger partial charge in [0.05, 0.1) is 40.1 Å². The van der Waals surface area contributed by atoms with E-state index in [0.717, 1.165) is 55.3 Å². The molecule has 1 N–H and O–H groups in total. The quantitative estimate of drug-likeness (QED) is 0.126. The molecule has 1 aromatic heterocycles. The predicted octanol–water partition coefficient (Wildman–Crippen LogP) is 7.05. The Kier molecular flexibility index (Phi) is 13.2. The number of hydrogen-bond acceptors (Lipinski definition) is 8. The van der Waals surface area contributed by atoms with Crippen LogP contribution in [-0.2, 0) is 27.7 Å². The SMILES string of the molecule is CCCCN(CCCC)C(=O)c1nn(-c2ccc(C(=O)NS(=O)(=O)c3ccc4ccccc4c3)cc2C(=O)N2Cc3ccccc3CC2CN2CCOCC2)c(C)c1Cl. The van der Waals surface area contributed by atoms with E-state index in [1.807, 2.05) is 41.3 Å². The number of morpholine rings is 1. The molecule has 5 aromatic rings. The highest BCUT2D eigenvalue weighted by atomic mass is 35.5. The summed E-state index contributed by atoms with van der Waals surface area (Å²) < 4.78 is 36.5. The summed E-state index contributed by atoms with van der Waals surface area (Å²) in [5.41, 5.74) is 3.08. The Balaban J connectivity index is 1.29. The molecule has 12 nitrogen and oxygen atoms in total. The monoisotopic (exact) mass is 838 g/mol. The summed E-state index contributed by atoms with van der Waals surface area (Å²) in [6, 6.07) is 24.3. The Hall–Kier alpha value is -5.08. The standard InChI is InChI=1S/C45H51ClN6O6S/c1-4-6-20-50(21-7-5-2)45(55)42-41(46)31(3)52(47-42)40-19-17-35(43(53)48-59(56,57)38-18-16-32-12-8-9-14-34(32)27-38)28-39(40)44(54)51-29-36-15-11-10-13-33(36)26-37(51)30-49-22-24-58-25-23-49/h8-19,27-28,37H,4-7,20-26,29-30H2,1-3H3,(H,48,53). The lowest BCUT2D eigenvalue weighted by Crippen LogP contribution is -2.52. The molecule has 4 aromatic carbocycles. The van der Waals surface area contributed by atoms with E-state index >= 15 is 4.79 Å². The number of carbonyl (C=O) groups is 3. The van der Waals surface area contributed by atoms with Crippen molar-refractivity contribution in [2.45, 2.75) is 70.4 Å². The third-order valence-corrected chi connectivity index (χ3v) is 13.0. The Morgan fingerprint density at radius 1 is 0.881 bits per heavy atom. The maximum Gasteiger partial charge on any atom is 0.275 e. The molecule has 7 rings (SSSR count). The number of hydrogen-bond donors (Lipinski definition) is 1. The highest BCUT2D eigenvalue weighted by molar-refractivity contribution is 7.90. The van der Waals surface area contributed by atoms with Gasteiger partial charge in [0.25, 0.3) is 27.7 Å². The van der Waals surface area contributed by atoms with Gasteiger partial charge in [-0.25, -0.2) is 17.8 Å². The van der Waals surface area contributed by atoms with E-state index in [2.05, 4.69) is 29.5 Å². The number of rotatable bonds is 14. The van der Waals surface area contributed by atoms with Crippen LogP contribution in [0.25, 0.3) is 16.5 Å². The van der Waals surface area contributed by atoms with Crippen LogP contribution in [-0.4, -0.2) is 103 Å². The predicted molar refractivity (Wildman–Crippen MR) is 229 cm³/mol. The topological polar surface area (TPSA) is 134 Å². The van der Waals surface area contributed by atoms with Crippen molar-refractivity contribution in [2.24, 2.45) is 0 Å². The van der Waals surface area contributed by atoms with Crippen molar-refractivity contribution in [3.8, 4) is 5.69 Å². The molecule has 3 heterocycles. The second kappa shape index (κ2) is 18.5. The first-order valence-electron chi connectivity index (χ1n) is 20.4. The van der Waals surface area contributed by atoms with Crippen LogP contribution in [0.3, 0.4) is 0 Å². The van der Waals surface area contributed by atoms with Crippen LogP contribution in [0, 0.1) is 6.92 Å². The molecule has 0 radical (unpaired) electrons. The molecule has 1 atom stereocenters. The van der Waals surface area contributed by atoms with Gasteiger partial charge >= 0.3 is 0 Å². The summed E-state index contributed by atoms with van der Waals surface area (Å²) in [6.07, 6.45) is 4.11. The zero-order chi connectivity index (χ0) is 41.7. The average Bonchev–Trinajstić information content (AvgIpc) is 3.55. The summed E-state index contributed by atoms with van der Waals surface area (Å²) in [4.78, 5) is 49.0. The van der Waals surface area contributed by atoms with Crippen molar-refractivity contribution >= 4 is 50.1 Å². The van der Waals surface area contributed by atoms with Crippen LogP contribution >= 0.6 is 11.6 Å². The molecule has 0 aliphatic carbocycles. The molecule has 59 heavy (non-hydrogen) atoms. The van der Waals surface area contributed by atoms with Crippen LogP contribution < -0.4 is 4.72 Å². The van der Waals surface area contributed by atoms with Crippen LogP contribution in [0.5, 0.6) is 0 Å². The molecule has 1 fully saturated rings. The minimum Gasteiger partial charge on any atom is -0.379 e. The van der Waals surface area contributed by atoms with Gasteiger partial charge in [-0.3, -0.25) is 19.3 Å². The maximum absolute atomic E-state index is 15.2. The summed E-state index contributed by atoms with van der Waals surface area (Å²) >= 11 is 6.92. The van der Waals surface area contributed by atoms with Crippen LogP contribution in [0.4, 0.5) is 0 Å². The molecule has 2 aliphatic rings. The molecule has 14 heteroatoms. The third kappa shape index (κ3) is 9.23. The zero-order valence-electron chi connectivity index (χ0n) is 33.8. The molecular formula is C45H51ClN6O6S. The normalized spacial score (nSPS) is 15.9. The van der Waals surface area contributed by atoms with Gasteiger partial charge in [0.2, 0.25) is 0 Å². The number of aromatic nitrogens is 2. The first-order chi connectivity index (χ1) is 28.5.